The van der Waals surface area contributed by atoms with Gasteiger partial charge in [-0.05, 0) is 32.9 Å². The molecule has 0 fully saturated rings. The fourth-order valence-corrected chi connectivity index (χ4v) is 1.12. The molecule has 3 nitrogen and oxygen atoms in total. The highest BCUT2D eigenvalue weighted by atomic mass is 16.5. The number of ether oxygens (including phenoxy) is 1. The number of hydrogen-bond donors (Lipinski definition) is 1. The van der Waals surface area contributed by atoms with Crippen molar-refractivity contribution in [1.82, 2.24) is 4.98 Å². The Balaban J connectivity index is 0.00000169. The van der Waals surface area contributed by atoms with Crippen LogP contribution in [0.25, 0.3) is 0 Å². The van der Waals surface area contributed by atoms with Gasteiger partial charge in [0.15, 0.2) is 0 Å². The fourth-order valence-electron chi connectivity index (χ4n) is 1.12. The number of pyridine rings is 1. The molecule has 0 aromatic carbocycles. The minimum atomic E-state index is 0. The van der Waals surface area contributed by atoms with Crippen LogP contribution in [0.2, 0.25) is 0 Å². The Hall–Kier alpha value is -1.09. The molecule has 0 bridgehead atoms. The van der Waals surface area contributed by atoms with Crippen molar-refractivity contribution in [2.24, 2.45) is 5.73 Å². The van der Waals surface area contributed by atoms with E-state index >= 15 is 0 Å². The van der Waals surface area contributed by atoms with E-state index in [1.165, 1.54) is 0 Å². The molecule has 1 heterocycles. The number of hydrogen-bond acceptors (Lipinski definition) is 3. The summed E-state index contributed by atoms with van der Waals surface area (Å²) in [6, 6.07) is 3.78. The van der Waals surface area contributed by atoms with Crippen molar-refractivity contribution in [3.8, 4) is 5.75 Å². The normalized spacial score (nSPS) is 12.5. The van der Waals surface area contributed by atoms with Crippen molar-refractivity contribution in [3.63, 3.8) is 0 Å². The van der Waals surface area contributed by atoms with Gasteiger partial charge in [-0.25, -0.2) is 0 Å². The summed E-state index contributed by atoms with van der Waals surface area (Å²) in [4.78, 5) is 4.09. The van der Waals surface area contributed by atoms with Gasteiger partial charge in [0.05, 0.1) is 6.10 Å². The molecule has 74 valence electrons. The molecule has 0 aliphatic carbocycles. The molecule has 0 saturated carbocycles. The van der Waals surface area contributed by atoms with Gasteiger partial charge in [-0.15, -0.1) is 0 Å². The van der Waals surface area contributed by atoms with E-state index in [0.717, 1.165) is 17.9 Å². The Kier molecular flexibility index (Phi) is 3.71. The van der Waals surface area contributed by atoms with Crippen molar-refractivity contribution >= 4 is 0 Å². The lowest BCUT2D eigenvalue weighted by Gasteiger charge is -2.13. The molecule has 3 heteroatoms. The zero-order valence-electron chi connectivity index (χ0n) is 8.16. The van der Waals surface area contributed by atoms with Crippen LogP contribution in [0, 0.1) is 6.92 Å². The number of nitrogens with two attached hydrogens (primary N) is 1. The van der Waals surface area contributed by atoms with Crippen molar-refractivity contribution in [3.05, 3.63) is 24.0 Å². The van der Waals surface area contributed by atoms with E-state index in [4.69, 9.17) is 10.5 Å². The predicted octanol–water partition coefficient (Wildman–Crippen LogP) is 1.75. The molecule has 13 heavy (non-hydrogen) atoms. The molecule has 0 saturated heterocycles. The molecule has 0 radical (unpaired) electrons. The molecule has 1 rings (SSSR count). The first-order valence-corrected chi connectivity index (χ1v) is 4.51. The Morgan fingerprint density at radius 3 is 3.08 bits per heavy atom. The van der Waals surface area contributed by atoms with Crippen molar-refractivity contribution in [1.29, 1.82) is 0 Å². The standard InChI is InChI=1S/C10H16N2O.H2/c1-8-7-10(4-6-12-8)13-9(2)3-5-11;/h4,6-7,9H,3,5,11H2,1-2H3;1H. The molecule has 1 aromatic rings. The zero-order chi connectivity index (χ0) is 9.68. The Bertz CT molecular complexity index is 268. The number of nitrogens with zero attached hydrogens (tertiary/aromatic N) is 1. The summed E-state index contributed by atoms with van der Waals surface area (Å²) in [5.41, 5.74) is 6.39. The zero-order valence-corrected chi connectivity index (χ0v) is 8.16. The highest BCUT2D eigenvalue weighted by Gasteiger charge is 2.02. The summed E-state index contributed by atoms with van der Waals surface area (Å²) < 4.78 is 5.62. The van der Waals surface area contributed by atoms with Gasteiger partial charge in [-0.2, -0.15) is 0 Å². The third kappa shape index (κ3) is 3.42. The molecule has 0 aliphatic heterocycles. The molecule has 1 unspecified atom stereocenters. The van der Waals surface area contributed by atoms with Gasteiger partial charge in [0.1, 0.15) is 5.75 Å². The van der Waals surface area contributed by atoms with Gasteiger partial charge in [0.25, 0.3) is 0 Å². The summed E-state index contributed by atoms with van der Waals surface area (Å²) in [5, 5.41) is 0. The van der Waals surface area contributed by atoms with Crippen LogP contribution in [0.1, 0.15) is 20.5 Å². The Morgan fingerprint density at radius 1 is 1.69 bits per heavy atom. The second-order valence-corrected chi connectivity index (χ2v) is 3.14. The summed E-state index contributed by atoms with van der Waals surface area (Å²) in [5.74, 6) is 0.869. The molecular formula is C10H18N2O. The third-order valence-electron chi connectivity index (χ3n) is 1.78. The van der Waals surface area contributed by atoms with Gasteiger partial charge in [-0.1, -0.05) is 0 Å². The first-order valence-electron chi connectivity index (χ1n) is 4.51. The van der Waals surface area contributed by atoms with E-state index in [1.54, 1.807) is 6.20 Å². The first-order chi connectivity index (χ1) is 6.22. The lowest BCUT2D eigenvalue weighted by Crippen LogP contribution is -2.16. The molecule has 0 spiro atoms. The molecular weight excluding hydrogens is 164 g/mol. The fraction of sp³-hybridized carbons (Fsp3) is 0.500. The third-order valence-corrected chi connectivity index (χ3v) is 1.78. The van der Waals surface area contributed by atoms with Gasteiger partial charge in [0, 0.05) is 19.4 Å². The van der Waals surface area contributed by atoms with Crippen molar-refractivity contribution < 1.29 is 6.16 Å². The van der Waals surface area contributed by atoms with E-state index < -0.39 is 0 Å². The smallest absolute Gasteiger partial charge is 0.123 e. The molecule has 1 aromatic heterocycles. The van der Waals surface area contributed by atoms with E-state index in [0.29, 0.717) is 6.54 Å². The van der Waals surface area contributed by atoms with Crippen LogP contribution < -0.4 is 10.5 Å². The Labute approximate surface area is 80.4 Å². The van der Waals surface area contributed by atoms with Crippen LogP contribution in [0.4, 0.5) is 0 Å². The van der Waals surface area contributed by atoms with Gasteiger partial charge in [0.2, 0.25) is 0 Å². The number of rotatable bonds is 4. The lowest BCUT2D eigenvalue weighted by molar-refractivity contribution is 0.213. The topological polar surface area (TPSA) is 48.1 Å². The minimum Gasteiger partial charge on any atom is -0.491 e. The van der Waals surface area contributed by atoms with Crippen LogP contribution in [0.15, 0.2) is 18.3 Å². The maximum Gasteiger partial charge on any atom is 0.123 e. The maximum absolute atomic E-state index is 5.62. The van der Waals surface area contributed by atoms with Crippen LogP contribution in [0.5, 0.6) is 5.75 Å². The van der Waals surface area contributed by atoms with E-state index in [2.05, 4.69) is 4.98 Å². The molecule has 0 amide bonds. The molecule has 2 N–H and O–H groups in total. The van der Waals surface area contributed by atoms with Gasteiger partial charge >= 0.3 is 0 Å². The van der Waals surface area contributed by atoms with Gasteiger partial charge in [-0.3, -0.25) is 4.98 Å². The van der Waals surface area contributed by atoms with E-state index in [1.807, 2.05) is 26.0 Å². The summed E-state index contributed by atoms with van der Waals surface area (Å²) in [6.07, 6.45) is 2.80. The average molecular weight is 182 g/mol. The van der Waals surface area contributed by atoms with Crippen LogP contribution in [-0.4, -0.2) is 17.6 Å². The largest absolute Gasteiger partial charge is 0.491 e. The van der Waals surface area contributed by atoms with Crippen LogP contribution in [0.3, 0.4) is 0 Å². The number of aryl methyl sites for hydroxylation is 1. The summed E-state index contributed by atoms with van der Waals surface area (Å²) >= 11 is 0. The van der Waals surface area contributed by atoms with Gasteiger partial charge < -0.3 is 10.5 Å². The maximum atomic E-state index is 5.62. The molecule has 1 atom stereocenters. The molecule has 0 aliphatic rings. The van der Waals surface area contributed by atoms with E-state index in [9.17, 15) is 0 Å². The Morgan fingerprint density at radius 2 is 2.46 bits per heavy atom. The van der Waals surface area contributed by atoms with Crippen molar-refractivity contribution in [2.45, 2.75) is 26.4 Å². The monoisotopic (exact) mass is 182 g/mol. The van der Waals surface area contributed by atoms with Crippen LogP contribution >= 0.6 is 0 Å². The highest BCUT2D eigenvalue weighted by molar-refractivity contribution is 5.21. The summed E-state index contributed by atoms with van der Waals surface area (Å²) in [6.45, 7) is 4.62. The summed E-state index contributed by atoms with van der Waals surface area (Å²) in [7, 11) is 0. The van der Waals surface area contributed by atoms with Crippen molar-refractivity contribution in [2.75, 3.05) is 6.54 Å². The quantitative estimate of drug-likeness (QED) is 0.771. The average Bonchev–Trinajstić information content (AvgIpc) is 2.04. The predicted molar refractivity (Wildman–Crippen MR) is 54.8 cm³/mol. The lowest BCUT2D eigenvalue weighted by atomic mass is 10.3. The van der Waals surface area contributed by atoms with E-state index in [-0.39, 0.29) is 7.53 Å². The highest BCUT2D eigenvalue weighted by Crippen LogP contribution is 2.12. The second-order valence-electron chi connectivity index (χ2n) is 3.14. The first kappa shape index (κ1) is 9.99. The van der Waals surface area contributed by atoms with Crippen LogP contribution in [-0.2, 0) is 0 Å². The number of aromatic nitrogens is 1. The minimum absolute atomic E-state index is 0. The second kappa shape index (κ2) is 4.82. The SMILES string of the molecule is Cc1cc(OC(C)CCN)ccn1.[HH].